The molecule has 5 nitrogen and oxygen atoms in total. The molecule has 1 aliphatic heterocycles. The lowest BCUT2D eigenvalue weighted by Crippen LogP contribution is -2.06. The fraction of sp³-hybridized carbons (Fsp3) is 0.103. The Morgan fingerprint density at radius 3 is 2.29 bits per heavy atom. The van der Waals surface area contributed by atoms with Crippen LogP contribution in [-0.4, -0.2) is 16.0 Å². The molecule has 5 heteroatoms. The maximum absolute atomic E-state index is 9.56. The first-order valence-electron chi connectivity index (χ1n) is 11.2. The van der Waals surface area contributed by atoms with E-state index in [9.17, 15) is 10.5 Å². The molecule has 2 heterocycles. The first-order chi connectivity index (χ1) is 16.7. The van der Waals surface area contributed by atoms with Crippen LogP contribution in [0.4, 0.5) is 0 Å². The normalized spacial score (nSPS) is 14.1. The fourth-order valence-corrected chi connectivity index (χ4v) is 4.39. The van der Waals surface area contributed by atoms with Crippen molar-refractivity contribution in [2.45, 2.75) is 19.9 Å². The Labute approximate surface area is 197 Å². The van der Waals surface area contributed by atoms with Gasteiger partial charge in [-0.1, -0.05) is 60.7 Å². The molecule has 0 N–H and O–H groups in total. The number of para-hydroxylation sites is 1. The molecule has 0 radical (unpaired) electrons. The molecule has 5 rings (SSSR count). The minimum atomic E-state index is 0.0366. The minimum absolute atomic E-state index is 0.0366. The molecule has 0 saturated heterocycles. The Morgan fingerprint density at radius 1 is 0.824 bits per heavy atom. The molecule has 0 fully saturated rings. The maximum atomic E-state index is 9.56. The Kier molecular flexibility index (Phi) is 5.60. The summed E-state index contributed by atoms with van der Waals surface area (Å²) in [6.45, 7) is 3.06. The zero-order chi connectivity index (χ0) is 23.5. The Morgan fingerprint density at radius 2 is 1.53 bits per heavy atom. The van der Waals surface area contributed by atoms with Crippen LogP contribution < -0.4 is 0 Å². The van der Waals surface area contributed by atoms with Gasteiger partial charge in [-0.3, -0.25) is 0 Å². The molecule has 3 aromatic carbocycles. The van der Waals surface area contributed by atoms with E-state index < -0.39 is 0 Å². The summed E-state index contributed by atoms with van der Waals surface area (Å²) in [5.74, 6) is 0. The summed E-state index contributed by atoms with van der Waals surface area (Å²) in [6.07, 6.45) is 4.34. The molecule has 34 heavy (non-hydrogen) atoms. The van der Waals surface area contributed by atoms with Gasteiger partial charge in [0.1, 0.15) is 12.1 Å². The summed E-state index contributed by atoms with van der Waals surface area (Å²) in [5, 5.41) is 21.5. The van der Waals surface area contributed by atoms with Crippen LogP contribution >= 0.6 is 0 Å². The maximum Gasteiger partial charge on any atom is 0.177 e. The summed E-state index contributed by atoms with van der Waals surface area (Å²) >= 11 is 0. The van der Waals surface area contributed by atoms with Gasteiger partial charge in [0.25, 0.3) is 0 Å². The van der Waals surface area contributed by atoms with Crippen molar-refractivity contribution in [3.63, 3.8) is 0 Å². The highest BCUT2D eigenvalue weighted by atomic mass is 15.0. The molecule has 0 spiro atoms. The number of benzene rings is 3. The summed E-state index contributed by atoms with van der Waals surface area (Å²) in [6, 6.07) is 28.6. The number of aliphatic imine (C=N–C) groups is 2. The summed E-state index contributed by atoms with van der Waals surface area (Å²) in [5.41, 5.74) is 5.86. The van der Waals surface area contributed by atoms with Crippen LogP contribution in [0.2, 0.25) is 0 Å². The van der Waals surface area contributed by atoms with Gasteiger partial charge in [0.05, 0.1) is 5.71 Å². The van der Waals surface area contributed by atoms with Gasteiger partial charge in [-0.2, -0.15) is 10.5 Å². The molecule has 4 aromatic rings. The molecule has 1 aromatic heterocycles. The van der Waals surface area contributed by atoms with Crippen LogP contribution in [0.3, 0.4) is 0 Å². The number of aryl methyl sites for hydroxylation is 1. The molecule has 0 saturated carbocycles. The predicted octanol–water partition coefficient (Wildman–Crippen LogP) is 6.42. The molecule has 162 valence electrons. The smallest absolute Gasteiger partial charge is 0.177 e. The topological polar surface area (TPSA) is 77.2 Å². The number of hydrogen-bond acceptors (Lipinski definition) is 4. The van der Waals surface area contributed by atoms with Gasteiger partial charge in [-0.25, -0.2) is 9.98 Å². The van der Waals surface area contributed by atoms with Crippen LogP contribution in [0.25, 0.3) is 27.9 Å². The first kappa shape index (κ1) is 21.1. The quantitative estimate of drug-likeness (QED) is 0.368. The van der Waals surface area contributed by atoms with Crippen LogP contribution in [0.5, 0.6) is 0 Å². The summed E-state index contributed by atoms with van der Waals surface area (Å²) in [7, 11) is 0. The monoisotopic (exact) mass is 439 g/mol. The predicted molar refractivity (Wildman–Crippen MR) is 137 cm³/mol. The second-order valence-electron chi connectivity index (χ2n) is 8.00. The zero-order valence-corrected chi connectivity index (χ0v) is 18.7. The third-order valence-electron chi connectivity index (χ3n) is 5.97. The van der Waals surface area contributed by atoms with Gasteiger partial charge in [-0.15, -0.1) is 0 Å². The highest BCUT2D eigenvalue weighted by Gasteiger charge is 2.16. The summed E-state index contributed by atoms with van der Waals surface area (Å²) in [4.78, 5) is 8.94. The van der Waals surface area contributed by atoms with Crippen molar-refractivity contribution in [3.05, 3.63) is 101 Å². The number of nitriles is 2. The van der Waals surface area contributed by atoms with Crippen molar-refractivity contribution in [2.24, 2.45) is 9.98 Å². The Balaban J connectivity index is 1.56. The number of hydrogen-bond donors (Lipinski definition) is 0. The average Bonchev–Trinajstić information content (AvgIpc) is 3.08. The number of fused-ring (bicyclic) bond motifs is 3. The van der Waals surface area contributed by atoms with Gasteiger partial charge in [0, 0.05) is 40.5 Å². The van der Waals surface area contributed by atoms with Gasteiger partial charge in [-0.05, 0) is 42.3 Å². The lowest BCUT2D eigenvalue weighted by Gasteiger charge is -2.05. The van der Waals surface area contributed by atoms with Crippen LogP contribution in [0.1, 0.15) is 24.5 Å². The second kappa shape index (κ2) is 9.02. The molecular formula is C29H21N5. The van der Waals surface area contributed by atoms with Crippen LogP contribution in [-0.2, 0) is 6.54 Å². The van der Waals surface area contributed by atoms with Crippen molar-refractivity contribution in [1.82, 2.24) is 4.57 Å². The van der Waals surface area contributed by atoms with Crippen molar-refractivity contribution in [3.8, 4) is 12.1 Å². The lowest BCUT2D eigenvalue weighted by molar-refractivity contribution is 0.827. The standard InChI is InChI=1S/C29H21N5/c1-2-34-28-11-7-6-10-23(28)24-16-20(13-15-29(24)34)12-14-22-17-25(21-8-4-3-5-9-21)33-27(19-31)26(18-30)32-22/h3-16H,2,17H2,1H3/b14-12+. The van der Waals surface area contributed by atoms with Crippen LogP contribution in [0.15, 0.2) is 100 Å². The Bertz CT molecular complexity index is 1620. The van der Waals surface area contributed by atoms with Crippen molar-refractivity contribution < 1.29 is 0 Å². The SMILES string of the molecule is CCn1c2ccccc2c2cc(/C=C/C3=NC(C#N)=C(C#N)N=C(c4ccccc4)C3)ccc21. The number of aromatic nitrogens is 1. The average molecular weight is 440 g/mol. The first-order valence-corrected chi connectivity index (χ1v) is 11.2. The largest absolute Gasteiger partial charge is 0.341 e. The molecule has 0 bridgehead atoms. The number of nitrogens with zero attached hydrogens (tertiary/aromatic N) is 5. The van der Waals surface area contributed by atoms with Gasteiger partial charge < -0.3 is 4.57 Å². The third kappa shape index (κ3) is 3.81. The second-order valence-corrected chi connectivity index (χ2v) is 8.00. The molecular weight excluding hydrogens is 418 g/mol. The van der Waals surface area contributed by atoms with Gasteiger partial charge in [0.2, 0.25) is 0 Å². The molecule has 0 unspecified atom stereocenters. The van der Waals surface area contributed by atoms with E-state index in [0.717, 1.165) is 17.7 Å². The van der Waals surface area contributed by atoms with Crippen molar-refractivity contribution in [1.29, 1.82) is 10.5 Å². The molecule has 1 aliphatic rings. The van der Waals surface area contributed by atoms with E-state index in [1.165, 1.54) is 21.8 Å². The zero-order valence-electron chi connectivity index (χ0n) is 18.7. The van der Waals surface area contributed by atoms with E-state index in [0.29, 0.717) is 17.8 Å². The van der Waals surface area contributed by atoms with Crippen molar-refractivity contribution in [2.75, 3.05) is 0 Å². The Hall–Kier alpha value is -4.74. The van der Waals surface area contributed by atoms with E-state index in [1.54, 1.807) is 0 Å². The van der Waals surface area contributed by atoms with E-state index >= 15 is 0 Å². The fourth-order valence-electron chi connectivity index (χ4n) is 4.39. The molecule has 0 aliphatic carbocycles. The van der Waals surface area contributed by atoms with E-state index in [4.69, 9.17) is 0 Å². The third-order valence-corrected chi connectivity index (χ3v) is 5.97. The highest BCUT2D eigenvalue weighted by Crippen LogP contribution is 2.30. The molecule has 0 atom stereocenters. The van der Waals surface area contributed by atoms with E-state index in [-0.39, 0.29) is 11.4 Å². The van der Waals surface area contributed by atoms with E-state index in [2.05, 4.69) is 63.9 Å². The lowest BCUT2D eigenvalue weighted by atomic mass is 10.0. The minimum Gasteiger partial charge on any atom is -0.341 e. The molecule has 0 amide bonds. The van der Waals surface area contributed by atoms with Gasteiger partial charge >= 0.3 is 0 Å². The highest BCUT2D eigenvalue weighted by molar-refractivity contribution is 6.18. The van der Waals surface area contributed by atoms with Crippen LogP contribution in [0, 0.1) is 22.7 Å². The van der Waals surface area contributed by atoms with Gasteiger partial charge in [0.15, 0.2) is 11.4 Å². The number of rotatable bonds is 4. The summed E-state index contributed by atoms with van der Waals surface area (Å²) < 4.78 is 2.32. The van der Waals surface area contributed by atoms with Crippen molar-refractivity contribution >= 4 is 39.3 Å². The van der Waals surface area contributed by atoms with E-state index in [1.807, 2.05) is 54.6 Å². The number of allylic oxidation sites excluding steroid dienone is 3.